The summed E-state index contributed by atoms with van der Waals surface area (Å²) in [5.74, 6) is 0.530. The minimum absolute atomic E-state index is 0.254. The van der Waals surface area contributed by atoms with Crippen LogP contribution in [0.4, 0.5) is 0 Å². The third-order valence-corrected chi connectivity index (χ3v) is 5.46. The standard InChI is InChI=1S/C11H22N2O3S/c14-17(15,11-2-1-5-12-8-11)13-6-3-10-4-7-16-9-10/h10-13H,1-9H2. The lowest BCUT2D eigenvalue weighted by Crippen LogP contribution is -2.44. The van der Waals surface area contributed by atoms with Crippen molar-refractivity contribution in [3.63, 3.8) is 0 Å². The third-order valence-electron chi connectivity index (χ3n) is 3.57. The van der Waals surface area contributed by atoms with Crippen LogP contribution >= 0.6 is 0 Å². The van der Waals surface area contributed by atoms with E-state index in [1.54, 1.807) is 0 Å². The van der Waals surface area contributed by atoms with Crippen LogP contribution in [0.5, 0.6) is 0 Å². The number of rotatable bonds is 5. The van der Waals surface area contributed by atoms with Crippen molar-refractivity contribution < 1.29 is 13.2 Å². The summed E-state index contributed by atoms with van der Waals surface area (Å²) in [7, 11) is -3.13. The van der Waals surface area contributed by atoms with Crippen LogP contribution < -0.4 is 10.0 Å². The second kappa shape index (κ2) is 6.13. The van der Waals surface area contributed by atoms with Crippen molar-refractivity contribution >= 4 is 10.0 Å². The Balaban J connectivity index is 1.72. The Morgan fingerprint density at radius 2 is 2.24 bits per heavy atom. The minimum atomic E-state index is -3.13. The SMILES string of the molecule is O=S(=O)(NCCC1CCOC1)C1CCCNC1. The molecule has 0 aromatic heterocycles. The molecule has 2 aliphatic rings. The molecule has 2 unspecified atom stereocenters. The Bertz CT molecular complexity index is 320. The van der Waals surface area contributed by atoms with Gasteiger partial charge in [-0.05, 0) is 38.1 Å². The van der Waals surface area contributed by atoms with Crippen molar-refractivity contribution in [1.82, 2.24) is 10.0 Å². The smallest absolute Gasteiger partial charge is 0.215 e. The maximum Gasteiger partial charge on any atom is 0.215 e. The van der Waals surface area contributed by atoms with Crippen LogP contribution in [0, 0.1) is 5.92 Å². The highest BCUT2D eigenvalue weighted by Crippen LogP contribution is 2.16. The van der Waals surface area contributed by atoms with Gasteiger partial charge in [0.1, 0.15) is 0 Å². The van der Waals surface area contributed by atoms with Crippen molar-refractivity contribution in [2.75, 3.05) is 32.8 Å². The molecule has 2 atom stereocenters. The molecular weight excluding hydrogens is 240 g/mol. The first-order valence-electron chi connectivity index (χ1n) is 6.45. The fourth-order valence-corrected chi connectivity index (χ4v) is 3.87. The monoisotopic (exact) mass is 262 g/mol. The lowest BCUT2D eigenvalue weighted by Gasteiger charge is -2.23. The Hall–Kier alpha value is -0.170. The normalized spacial score (nSPS) is 30.6. The van der Waals surface area contributed by atoms with E-state index in [9.17, 15) is 8.42 Å². The fraction of sp³-hybridized carbons (Fsp3) is 1.00. The molecule has 0 aromatic carbocycles. The third kappa shape index (κ3) is 3.91. The summed E-state index contributed by atoms with van der Waals surface area (Å²) in [5, 5.41) is 2.88. The van der Waals surface area contributed by atoms with Gasteiger partial charge < -0.3 is 10.1 Å². The molecule has 0 aromatic rings. The van der Waals surface area contributed by atoms with E-state index in [4.69, 9.17) is 4.74 Å². The molecule has 2 rings (SSSR count). The largest absolute Gasteiger partial charge is 0.381 e. The molecular formula is C11H22N2O3S. The summed E-state index contributed by atoms with van der Waals surface area (Å²) in [6.45, 7) is 3.68. The van der Waals surface area contributed by atoms with E-state index in [0.29, 0.717) is 19.0 Å². The lowest BCUT2D eigenvalue weighted by atomic mass is 10.1. The first-order chi connectivity index (χ1) is 8.18. The summed E-state index contributed by atoms with van der Waals surface area (Å²) in [5.41, 5.74) is 0. The Morgan fingerprint density at radius 3 is 2.88 bits per heavy atom. The van der Waals surface area contributed by atoms with Crippen molar-refractivity contribution in [3.05, 3.63) is 0 Å². The molecule has 2 saturated heterocycles. The first kappa shape index (κ1) is 13.3. The van der Waals surface area contributed by atoms with Gasteiger partial charge >= 0.3 is 0 Å². The van der Waals surface area contributed by atoms with E-state index >= 15 is 0 Å². The average molecular weight is 262 g/mol. The van der Waals surface area contributed by atoms with Gasteiger partial charge in [0, 0.05) is 26.3 Å². The van der Waals surface area contributed by atoms with Crippen LogP contribution in [0.25, 0.3) is 0 Å². The second-order valence-electron chi connectivity index (χ2n) is 4.93. The molecule has 2 N–H and O–H groups in total. The highest BCUT2D eigenvalue weighted by Gasteiger charge is 2.27. The summed E-state index contributed by atoms with van der Waals surface area (Å²) in [6, 6.07) is 0. The topological polar surface area (TPSA) is 67.4 Å². The van der Waals surface area contributed by atoms with Gasteiger partial charge in [0.2, 0.25) is 10.0 Å². The van der Waals surface area contributed by atoms with Crippen molar-refractivity contribution in [3.8, 4) is 0 Å². The summed E-state index contributed by atoms with van der Waals surface area (Å²) >= 11 is 0. The van der Waals surface area contributed by atoms with Gasteiger partial charge in [-0.1, -0.05) is 0 Å². The van der Waals surface area contributed by atoms with E-state index in [1.165, 1.54) is 0 Å². The number of hydrogen-bond acceptors (Lipinski definition) is 4. The zero-order chi connectivity index (χ0) is 12.1. The molecule has 5 nitrogen and oxygen atoms in total. The summed E-state index contributed by atoms with van der Waals surface area (Å²) < 4.78 is 32.0. The molecule has 0 bridgehead atoms. The fourth-order valence-electron chi connectivity index (χ4n) is 2.42. The predicted molar refractivity (Wildman–Crippen MR) is 66.4 cm³/mol. The van der Waals surface area contributed by atoms with Gasteiger partial charge in [0.15, 0.2) is 0 Å². The van der Waals surface area contributed by atoms with Crippen LogP contribution in [0.2, 0.25) is 0 Å². The molecule has 17 heavy (non-hydrogen) atoms. The Kier molecular flexibility index (Phi) is 4.78. The van der Waals surface area contributed by atoms with Crippen molar-refractivity contribution in [2.24, 2.45) is 5.92 Å². The van der Waals surface area contributed by atoms with Crippen LogP contribution in [0.1, 0.15) is 25.7 Å². The maximum absolute atomic E-state index is 12.0. The van der Waals surface area contributed by atoms with E-state index in [2.05, 4.69) is 10.0 Å². The molecule has 0 radical (unpaired) electrons. The van der Waals surface area contributed by atoms with Crippen LogP contribution in [-0.4, -0.2) is 46.5 Å². The molecule has 0 spiro atoms. The van der Waals surface area contributed by atoms with Gasteiger partial charge in [-0.15, -0.1) is 0 Å². The Morgan fingerprint density at radius 1 is 1.35 bits per heavy atom. The lowest BCUT2D eigenvalue weighted by molar-refractivity contribution is 0.184. The highest BCUT2D eigenvalue weighted by atomic mass is 32.2. The quantitative estimate of drug-likeness (QED) is 0.736. The maximum atomic E-state index is 12.0. The van der Waals surface area contributed by atoms with Crippen LogP contribution in [-0.2, 0) is 14.8 Å². The predicted octanol–water partition coefficient (Wildman–Crippen LogP) is 0.0844. The molecule has 2 aliphatic heterocycles. The van der Waals surface area contributed by atoms with Gasteiger partial charge in [-0.2, -0.15) is 0 Å². The number of ether oxygens (including phenoxy) is 1. The van der Waals surface area contributed by atoms with Gasteiger partial charge in [0.05, 0.1) is 5.25 Å². The number of nitrogens with one attached hydrogen (secondary N) is 2. The van der Waals surface area contributed by atoms with Crippen molar-refractivity contribution in [1.29, 1.82) is 0 Å². The first-order valence-corrected chi connectivity index (χ1v) is 8.00. The van der Waals surface area contributed by atoms with E-state index in [-0.39, 0.29) is 5.25 Å². The molecule has 0 aliphatic carbocycles. The van der Waals surface area contributed by atoms with Crippen LogP contribution in [0.3, 0.4) is 0 Å². The van der Waals surface area contributed by atoms with Gasteiger partial charge in [-0.25, -0.2) is 13.1 Å². The van der Waals surface area contributed by atoms with Gasteiger partial charge in [0.25, 0.3) is 0 Å². The molecule has 0 saturated carbocycles. The summed E-state index contributed by atoms with van der Waals surface area (Å²) in [4.78, 5) is 0. The number of sulfonamides is 1. The zero-order valence-corrected chi connectivity index (χ0v) is 11.0. The van der Waals surface area contributed by atoms with E-state index in [1.807, 2.05) is 0 Å². The highest BCUT2D eigenvalue weighted by molar-refractivity contribution is 7.90. The molecule has 0 amide bonds. The second-order valence-corrected chi connectivity index (χ2v) is 6.97. The molecule has 100 valence electrons. The molecule has 2 fully saturated rings. The summed E-state index contributed by atoms with van der Waals surface area (Å²) in [6.07, 6.45) is 3.67. The zero-order valence-electron chi connectivity index (χ0n) is 10.2. The van der Waals surface area contributed by atoms with Crippen molar-refractivity contribution in [2.45, 2.75) is 30.9 Å². The van der Waals surface area contributed by atoms with E-state index in [0.717, 1.165) is 45.4 Å². The van der Waals surface area contributed by atoms with Crippen LogP contribution in [0.15, 0.2) is 0 Å². The van der Waals surface area contributed by atoms with Gasteiger partial charge in [-0.3, -0.25) is 0 Å². The average Bonchev–Trinajstić information content (AvgIpc) is 2.83. The molecule has 2 heterocycles. The molecule has 6 heteroatoms. The number of piperidine rings is 1. The van der Waals surface area contributed by atoms with E-state index < -0.39 is 10.0 Å². The Labute approximate surface area is 103 Å². The minimum Gasteiger partial charge on any atom is -0.381 e. The number of hydrogen-bond donors (Lipinski definition) is 2.